The van der Waals surface area contributed by atoms with Crippen LogP contribution in [0.5, 0.6) is 0 Å². The molecule has 3 atom stereocenters. The van der Waals surface area contributed by atoms with Crippen molar-refractivity contribution < 1.29 is 4.79 Å². The van der Waals surface area contributed by atoms with Crippen LogP contribution >= 0.6 is 11.8 Å². The molecule has 2 aliphatic rings. The number of para-hydroxylation sites is 1. The smallest absolute Gasteiger partial charge is 0.234 e. The zero-order chi connectivity index (χ0) is 18.2. The molecule has 1 N–H and O–H groups in total. The SMILES string of the molecule is O=C(CSc1nnnn1[C@@H]1C[C@H]2CC[C@@H]1C2)Nc1ccnc2ccccc12. The van der Waals surface area contributed by atoms with Gasteiger partial charge in [-0.25, -0.2) is 4.68 Å². The van der Waals surface area contributed by atoms with Crippen LogP contribution in [-0.2, 0) is 4.79 Å². The van der Waals surface area contributed by atoms with E-state index in [1.54, 1.807) is 6.20 Å². The summed E-state index contributed by atoms with van der Waals surface area (Å²) in [6, 6.07) is 9.99. The molecule has 0 spiro atoms. The van der Waals surface area contributed by atoms with Gasteiger partial charge in [0.15, 0.2) is 0 Å². The van der Waals surface area contributed by atoms with Gasteiger partial charge >= 0.3 is 0 Å². The maximum Gasteiger partial charge on any atom is 0.234 e. The average molecular weight is 380 g/mol. The zero-order valence-corrected chi connectivity index (χ0v) is 15.6. The van der Waals surface area contributed by atoms with E-state index in [0.29, 0.717) is 12.0 Å². The predicted octanol–water partition coefficient (Wildman–Crippen LogP) is 3.31. The molecule has 7 nitrogen and oxygen atoms in total. The van der Waals surface area contributed by atoms with Crippen LogP contribution in [0.15, 0.2) is 41.7 Å². The van der Waals surface area contributed by atoms with Gasteiger partial charge < -0.3 is 5.32 Å². The molecule has 27 heavy (non-hydrogen) atoms. The molecule has 3 aromatic rings. The lowest BCUT2D eigenvalue weighted by atomic mass is 9.96. The Balaban J connectivity index is 1.26. The number of anilines is 1. The van der Waals surface area contributed by atoms with Crippen LogP contribution in [0.4, 0.5) is 5.69 Å². The monoisotopic (exact) mass is 380 g/mol. The molecule has 2 aromatic heterocycles. The van der Waals surface area contributed by atoms with Crippen LogP contribution in [0.25, 0.3) is 10.9 Å². The van der Waals surface area contributed by atoms with E-state index < -0.39 is 0 Å². The number of carbonyl (C=O) groups is 1. The summed E-state index contributed by atoms with van der Waals surface area (Å²) in [6.45, 7) is 0. The number of tetrazole rings is 1. The zero-order valence-electron chi connectivity index (χ0n) is 14.8. The highest BCUT2D eigenvalue weighted by Gasteiger charge is 2.42. The lowest BCUT2D eigenvalue weighted by molar-refractivity contribution is -0.113. The summed E-state index contributed by atoms with van der Waals surface area (Å²) in [5, 5.41) is 16.9. The minimum atomic E-state index is -0.0705. The number of benzene rings is 1. The second-order valence-corrected chi connectivity index (χ2v) is 8.30. The number of hydrogen-bond donors (Lipinski definition) is 1. The predicted molar refractivity (Wildman–Crippen MR) is 103 cm³/mol. The van der Waals surface area contributed by atoms with Crippen molar-refractivity contribution in [2.24, 2.45) is 11.8 Å². The number of nitrogens with zero attached hydrogens (tertiary/aromatic N) is 5. The fourth-order valence-corrected chi connectivity index (χ4v) is 5.25. The Kier molecular flexibility index (Phi) is 4.27. The third-order valence-electron chi connectivity index (χ3n) is 5.73. The minimum Gasteiger partial charge on any atom is -0.325 e. The van der Waals surface area contributed by atoms with Crippen molar-refractivity contribution in [2.45, 2.75) is 36.9 Å². The molecule has 0 radical (unpaired) electrons. The van der Waals surface area contributed by atoms with Crippen molar-refractivity contribution in [3.05, 3.63) is 36.5 Å². The fraction of sp³-hybridized carbons (Fsp3) is 0.421. The molecule has 2 saturated carbocycles. The van der Waals surface area contributed by atoms with Crippen molar-refractivity contribution >= 4 is 34.3 Å². The molecule has 0 saturated heterocycles. The number of fused-ring (bicyclic) bond motifs is 3. The first kappa shape index (κ1) is 16.7. The summed E-state index contributed by atoms with van der Waals surface area (Å²) in [5.41, 5.74) is 1.64. The standard InChI is InChI=1S/C19H20N6OS/c26-18(21-16-7-8-20-15-4-2-1-3-14(15)16)11-27-19-22-23-24-25(19)17-10-12-5-6-13(17)9-12/h1-4,7-8,12-13,17H,5-6,9-11H2,(H,20,21,26)/t12-,13+,17+/m0/s1. The largest absolute Gasteiger partial charge is 0.325 e. The van der Waals surface area contributed by atoms with Gasteiger partial charge in [-0.1, -0.05) is 36.4 Å². The highest BCUT2D eigenvalue weighted by Crippen LogP contribution is 2.50. The van der Waals surface area contributed by atoms with Gasteiger partial charge in [0.2, 0.25) is 11.1 Å². The molecular weight excluding hydrogens is 360 g/mol. The number of carbonyl (C=O) groups excluding carboxylic acids is 1. The molecule has 2 bridgehead atoms. The van der Waals surface area contributed by atoms with E-state index in [1.807, 2.05) is 35.0 Å². The van der Waals surface area contributed by atoms with Gasteiger partial charge in [-0.2, -0.15) is 0 Å². The van der Waals surface area contributed by atoms with Crippen molar-refractivity contribution in [2.75, 3.05) is 11.1 Å². The van der Waals surface area contributed by atoms with Gasteiger partial charge in [0.05, 0.1) is 23.0 Å². The second kappa shape index (κ2) is 6.92. The highest BCUT2D eigenvalue weighted by atomic mass is 32.2. The van der Waals surface area contributed by atoms with E-state index in [2.05, 4.69) is 25.8 Å². The molecule has 1 aromatic carbocycles. The first-order valence-corrected chi connectivity index (χ1v) is 10.3. The third kappa shape index (κ3) is 3.18. The Morgan fingerprint density at radius 2 is 2.15 bits per heavy atom. The molecule has 2 heterocycles. The van der Waals surface area contributed by atoms with E-state index in [1.165, 1.54) is 37.4 Å². The van der Waals surface area contributed by atoms with Crippen molar-refractivity contribution in [3.8, 4) is 0 Å². The van der Waals surface area contributed by atoms with Crippen molar-refractivity contribution in [3.63, 3.8) is 0 Å². The fourth-order valence-electron chi connectivity index (χ4n) is 4.52. The summed E-state index contributed by atoms with van der Waals surface area (Å²) < 4.78 is 1.95. The Morgan fingerprint density at radius 3 is 3.00 bits per heavy atom. The van der Waals surface area contributed by atoms with E-state index in [-0.39, 0.29) is 11.7 Å². The number of thioether (sulfide) groups is 1. The van der Waals surface area contributed by atoms with Crippen LogP contribution < -0.4 is 5.32 Å². The number of nitrogens with one attached hydrogen (secondary N) is 1. The normalized spacial score (nSPS) is 23.8. The van der Waals surface area contributed by atoms with Crippen molar-refractivity contribution in [1.29, 1.82) is 0 Å². The summed E-state index contributed by atoms with van der Waals surface area (Å²) in [4.78, 5) is 16.8. The molecule has 0 unspecified atom stereocenters. The Morgan fingerprint density at radius 1 is 1.22 bits per heavy atom. The summed E-state index contributed by atoms with van der Waals surface area (Å²) >= 11 is 1.40. The number of aromatic nitrogens is 5. The Hall–Kier alpha value is -2.48. The Labute approximate surface area is 160 Å². The van der Waals surface area contributed by atoms with E-state index in [4.69, 9.17) is 0 Å². The average Bonchev–Trinajstić information content (AvgIpc) is 3.43. The van der Waals surface area contributed by atoms with Crippen LogP contribution in [0.3, 0.4) is 0 Å². The summed E-state index contributed by atoms with van der Waals surface area (Å²) in [6.07, 6.45) is 6.78. The lowest BCUT2D eigenvalue weighted by Crippen LogP contribution is -2.19. The Bertz CT molecular complexity index is 984. The van der Waals surface area contributed by atoms with E-state index >= 15 is 0 Å². The molecular formula is C19H20N6OS. The third-order valence-corrected chi connectivity index (χ3v) is 6.67. The summed E-state index contributed by atoms with van der Waals surface area (Å²) in [7, 11) is 0. The summed E-state index contributed by atoms with van der Waals surface area (Å²) in [5.74, 6) is 1.72. The highest BCUT2D eigenvalue weighted by molar-refractivity contribution is 7.99. The molecule has 2 aliphatic carbocycles. The van der Waals surface area contributed by atoms with Gasteiger partial charge in [0, 0.05) is 11.6 Å². The maximum absolute atomic E-state index is 12.5. The first-order chi connectivity index (χ1) is 13.3. The number of hydrogen-bond acceptors (Lipinski definition) is 6. The number of amides is 1. The van der Waals surface area contributed by atoms with Gasteiger partial charge in [-0.15, -0.1) is 5.10 Å². The van der Waals surface area contributed by atoms with Crippen molar-refractivity contribution in [1.82, 2.24) is 25.2 Å². The first-order valence-electron chi connectivity index (χ1n) is 9.32. The second-order valence-electron chi connectivity index (χ2n) is 7.36. The molecule has 1 amide bonds. The number of rotatable bonds is 5. The van der Waals surface area contributed by atoms with Crippen LogP contribution in [0, 0.1) is 11.8 Å². The quantitative estimate of drug-likeness (QED) is 0.684. The maximum atomic E-state index is 12.5. The van der Waals surface area contributed by atoms with Crippen LogP contribution in [0.2, 0.25) is 0 Å². The lowest BCUT2D eigenvalue weighted by Gasteiger charge is -2.22. The van der Waals surface area contributed by atoms with Gasteiger partial charge in [0.1, 0.15) is 0 Å². The molecule has 2 fully saturated rings. The van der Waals surface area contributed by atoms with Crippen LogP contribution in [0.1, 0.15) is 31.7 Å². The van der Waals surface area contributed by atoms with Gasteiger partial charge in [0.25, 0.3) is 0 Å². The van der Waals surface area contributed by atoms with E-state index in [0.717, 1.165) is 27.7 Å². The molecule has 0 aliphatic heterocycles. The number of pyridine rings is 1. The molecule has 5 rings (SSSR count). The topological polar surface area (TPSA) is 85.6 Å². The molecule has 138 valence electrons. The van der Waals surface area contributed by atoms with Gasteiger partial charge in [-0.3, -0.25) is 9.78 Å². The molecule has 8 heteroatoms. The van der Waals surface area contributed by atoms with Crippen LogP contribution in [-0.4, -0.2) is 36.9 Å². The minimum absolute atomic E-state index is 0.0705. The van der Waals surface area contributed by atoms with E-state index in [9.17, 15) is 4.79 Å². The van der Waals surface area contributed by atoms with Gasteiger partial charge in [-0.05, 0) is 53.7 Å².